The van der Waals surface area contributed by atoms with Crippen molar-refractivity contribution in [3.05, 3.63) is 83.7 Å². The molecule has 0 radical (unpaired) electrons. The quantitative estimate of drug-likeness (QED) is 0.0508. The van der Waals surface area contributed by atoms with Gasteiger partial charge in [0.15, 0.2) is 0 Å². The summed E-state index contributed by atoms with van der Waals surface area (Å²) in [5.74, 6) is -8.78. The van der Waals surface area contributed by atoms with Crippen molar-refractivity contribution in [1.82, 2.24) is 25.0 Å². The van der Waals surface area contributed by atoms with Crippen molar-refractivity contribution in [2.45, 2.75) is 96.6 Å². The minimum absolute atomic E-state index is 0.0111. The molecule has 2 aromatic carbocycles. The Labute approximate surface area is 376 Å². The molecule has 1 fully saturated rings. The number of benzene rings is 2. The van der Waals surface area contributed by atoms with E-state index >= 15 is 4.39 Å². The van der Waals surface area contributed by atoms with Crippen molar-refractivity contribution in [3.8, 4) is 11.1 Å². The number of carbonyl (C=O) groups is 8. The second kappa shape index (κ2) is 24.1. The number of Topliss-reactive ketones (excluding diaryl/α,β-unsaturated/α-hetero) is 1. The largest absolute Gasteiger partial charge is 0.490 e. The number of ketones is 1. The predicted molar refractivity (Wildman–Crippen MR) is 225 cm³/mol. The van der Waals surface area contributed by atoms with Gasteiger partial charge in [0.1, 0.15) is 36.6 Å². The number of likely N-dealkylation sites (tertiary alicyclic amines) is 1. The molecule has 1 saturated heterocycles. The van der Waals surface area contributed by atoms with E-state index in [9.17, 15) is 61.3 Å². The zero-order valence-corrected chi connectivity index (χ0v) is 36.4. The number of hydrogen-bond donors (Lipinski definition) is 6. The van der Waals surface area contributed by atoms with Crippen LogP contribution < -0.4 is 16.4 Å². The maximum atomic E-state index is 15.0. The first-order chi connectivity index (χ1) is 30.8. The van der Waals surface area contributed by atoms with E-state index in [-0.39, 0.29) is 69.4 Å². The number of carboxylic acid groups (broad SMARTS) is 2. The molecule has 360 valence electrons. The van der Waals surface area contributed by atoms with Crippen molar-refractivity contribution in [1.29, 1.82) is 0 Å². The van der Waals surface area contributed by atoms with E-state index in [1.54, 1.807) is 12.3 Å². The fourth-order valence-electron chi connectivity index (χ4n) is 7.01. The second-order valence-corrected chi connectivity index (χ2v) is 16.4. The number of aliphatic hydroxyl groups excluding tert-OH is 1. The number of nitrogens with zero attached hydrogens (tertiary/aromatic N) is 3. The average Bonchev–Trinajstić information content (AvgIpc) is 3.79. The van der Waals surface area contributed by atoms with E-state index in [0.29, 0.717) is 17.8 Å². The molecule has 1 aliphatic heterocycles. The van der Waals surface area contributed by atoms with Crippen LogP contribution in [-0.4, -0.2) is 121 Å². The molecular formula is C44H53F5N6O11. The zero-order valence-electron chi connectivity index (χ0n) is 36.4. The average molecular weight is 937 g/mol. The minimum Gasteiger partial charge on any atom is -0.480 e. The van der Waals surface area contributed by atoms with E-state index in [4.69, 9.17) is 15.6 Å². The van der Waals surface area contributed by atoms with Crippen LogP contribution >= 0.6 is 0 Å². The Kier molecular flexibility index (Phi) is 19.6. The number of aliphatic hydroxyl groups is 1. The van der Waals surface area contributed by atoms with Crippen LogP contribution in [0, 0.1) is 17.0 Å². The van der Waals surface area contributed by atoms with Crippen molar-refractivity contribution in [2.24, 2.45) is 11.1 Å². The van der Waals surface area contributed by atoms with Crippen LogP contribution in [0.5, 0.6) is 0 Å². The fraction of sp³-hybridized carbons (Fsp3) is 0.455. The van der Waals surface area contributed by atoms with Crippen molar-refractivity contribution < 1.29 is 75.6 Å². The molecule has 1 aromatic heterocycles. The van der Waals surface area contributed by atoms with Crippen LogP contribution in [0.4, 0.5) is 22.0 Å². The third-order valence-corrected chi connectivity index (χ3v) is 10.2. The van der Waals surface area contributed by atoms with Gasteiger partial charge >= 0.3 is 18.1 Å². The maximum Gasteiger partial charge on any atom is 0.490 e. The Hall–Kier alpha value is -6.55. The molecule has 4 rings (SSSR count). The lowest BCUT2D eigenvalue weighted by Crippen LogP contribution is -2.47. The minimum atomic E-state index is -5.08. The summed E-state index contributed by atoms with van der Waals surface area (Å²) in [5.41, 5.74) is 7.48. The number of aliphatic carboxylic acids is 2. The summed E-state index contributed by atoms with van der Waals surface area (Å²) in [4.78, 5) is 97.6. The lowest BCUT2D eigenvalue weighted by molar-refractivity contribution is -0.192. The van der Waals surface area contributed by atoms with Crippen LogP contribution in [0.2, 0.25) is 0 Å². The second-order valence-electron chi connectivity index (χ2n) is 16.4. The molecule has 0 saturated carbocycles. The number of rotatable bonds is 21. The van der Waals surface area contributed by atoms with Crippen LogP contribution in [0.25, 0.3) is 11.1 Å². The highest BCUT2D eigenvalue weighted by atomic mass is 19.4. The summed E-state index contributed by atoms with van der Waals surface area (Å²) in [6, 6.07) is 11.0. The molecule has 7 N–H and O–H groups in total. The Morgan fingerprint density at radius 1 is 0.894 bits per heavy atom. The molecule has 1 aliphatic rings. The highest BCUT2D eigenvalue weighted by Crippen LogP contribution is 2.41. The van der Waals surface area contributed by atoms with Gasteiger partial charge in [-0.25, -0.2) is 18.4 Å². The topological polar surface area (TPSA) is 259 Å². The van der Waals surface area contributed by atoms with Gasteiger partial charge < -0.3 is 41.2 Å². The molecule has 3 atom stereocenters. The van der Waals surface area contributed by atoms with Crippen LogP contribution in [0.3, 0.4) is 0 Å². The summed E-state index contributed by atoms with van der Waals surface area (Å²) < 4.78 is 62.9. The number of nitrogens with two attached hydrogens (primary N) is 1. The number of imide groups is 1. The summed E-state index contributed by atoms with van der Waals surface area (Å²) >= 11 is 0. The Morgan fingerprint density at radius 3 is 2.08 bits per heavy atom. The highest BCUT2D eigenvalue weighted by molar-refractivity contribution is 6.04. The van der Waals surface area contributed by atoms with Gasteiger partial charge in [0.25, 0.3) is 0 Å². The molecule has 66 heavy (non-hydrogen) atoms. The zero-order chi connectivity index (χ0) is 49.5. The van der Waals surface area contributed by atoms with E-state index in [1.165, 1.54) is 4.90 Å². The molecule has 22 heteroatoms. The van der Waals surface area contributed by atoms with Crippen LogP contribution in [-0.2, 0) is 44.9 Å². The Bertz CT molecular complexity index is 2210. The van der Waals surface area contributed by atoms with Gasteiger partial charge in [0, 0.05) is 68.3 Å². The van der Waals surface area contributed by atoms with Gasteiger partial charge in [-0.05, 0) is 54.5 Å². The van der Waals surface area contributed by atoms with Gasteiger partial charge in [0.05, 0.1) is 12.1 Å². The molecule has 3 aromatic rings. The molecular weight excluding hydrogens is 884 g/mol. The van der Waals surface area contributed by atoms with Crippen molar-refractivity contribution in [2.75, 3.05) is 26.2 Å². The number of carbonyl (C=O) groups excluding carboxylic acids is 6. The number of nitrogens with one attached hydrogen (secondary N) is 2. The third-order valence-electron chi connectivity index (χ3n) is 10.2. The van der Waals surface area contributed by atoms with E-state index in [2.05, 4.69) is 10.6 Å². The van der Waals surface area contributed by atoms with Gasteiger partial charge in [-0.15, -0.1) is 0 Å². The Balaban J connectivity index is 0.00000152. The highest BCUT2D eigenvalue weighted by Gasteiger charge is 2.39. The SMILES string of the molecule is CC(C)(C)[C@H](c1cc(-c2cc(F)ccc2F)cn1Cc1ccccc1)N(CC[C@H](N)C(=O)NCCCC(=O)CC[C@H](NC(=O)CN1C(=O)CCC1=O)C(=O)O)C(=O)CO.O=C(O)C(F)(F)F. The first-order valence-corrected chi connectivity index (χ1v) is 20.6. The van der Waals surface area contributed by atoms with E-state index in [1.807, 2.05) is 55.7 Å². The molecule has 5 amide bonds. The van der Waals surface area contributed by atoms with Crippen molar-refractivity contribution >= 4 is 47.3 Å². The molecule has 2 heterocycles. The summed E-state index contributed by atoms with van der Waals surface area (Å²) in [6.45, 7) is 4.57. The number of aromatic nitrogens is 1. The molecule has 0 unspecified atom stereocenters. The summed E-state index contributed by atoms with van der Waals surface area (Å²) in [7, 11) is 0. The lowest BCUT2D eigenvalue weighted by Gasteiger charge is -2.41. The van der Waals surface area contributed by atoms with Gasteiger partial charge in [-0.1, -0.05) is 51.1 Å². The van der Waals surface area contributed by atoms with Gasteiger partial charge in [-0.2, -0.15) is 13.2 Å². The monoisotopic (exact) mass is 936 g/mol. The predicted octanol–water partition coefficient (Wildman–Crippen LogP) is 3.70. The lowest BCUT2D eigenvalue weighted by atomic mass is 9.82. The number of alkyl halides is 3. The maximum absolute atomic E-state index is 15.0. The first-order valence-electron chi connectivity index (χ1n) is 20.6. The first kappa shape index (κ1) is 53.8. The fourth-order valence-corrected chi connectivity index (χ4v) is 7.01. The van der Waals surface area contributed by atoms with Gasteiger partial charge in [0.2, 0.25) is 29.5 Å². The van der Waals surface area contributed by atoms with E-state index in [0.717, 1.165) is 28.7 Å². The smallest absolute Gasteiger partial charge is 0.480 e. The molecule has 17 nitrogen and oxygen atoms in total. The number of hydrogen-bond acceptors (Lipinski definition) is 10. The normalized spacial score (nSPS) is 14.1. The van der Waals surface area contributed by atoms with Crippen LogP contribution in [0.1, 0.15) is 83.0 Å². The summed E-state index contributed by atoms with van der Waals surface area (Å²) in [5, 5.41) is 31.6. The molecule has 0 bridgehead atoms. The summed E-state index contributed by atoms with van der Waals surface area (Å²) in [6.07, 6.45) is -3.67. The Morgan fingerprint density at radius 2 is 1.52 bits per heavy atom. The number of carboxylic acids is 2. The van der Waals surface area contributed by atoms with Gasteiger partial charge in [-0.3, -0.25) is 33.7 Å². The number of halogens is 5. The van der Waals surface area contributed by atoms with Crippen molar-refractivity contribution in [3.63, 3.8) is 0 Å². The molecule has 0 spiro atoms. The standard InChI is InChI=1S/C42H52F2N6O9.C2HF3O2/c1-42(2,3)39(34-20-27(30-21-28(43)11-13-31(30)44)23-48(34)22-26-8-5-4-6-9-26)49(38(56)25-51)19-17-32(45)40(57)46-18-7-10-29(52)12-14-33(41(58)59)47-35(53)24-50-36(54)15-16-37(50)55;3-2(4,5)1(6)7/h4-6,8-9,11,13,20-21,23,32-33,39,51H,7,10,12,14-19,22,24-25,45H2,1-3H3,(H,46,57)(H,47,53)(H,58,59);(H,6,7)/t32-,33-,39-;/m0./s1. The van der Waals surface area contributed by atoms with E-state index < -0.39 is 96.0 Å². The van der Waals surface area contributed by atoms with Crippen LogP contribution in [0.15, 0.2) is 60.8 Å². The molecule has 0 aliphatic carbocycles. The number of amides is 5. The third kappa shape index (κ3) is 16.2.